The molecule has 8 heteroatoms. The quantitative estimate of drug-likeness (QED) is 0.437. The minimum Gasteiger partial charge on any atom is -0.381 e. The molecule has 5 aliphatic heterocycles. The highest BCUT2D eigenvalue weighted by molar-refractivity contribution is 6.07. The lowest BCUT2D eigenvalue weighted by molar-refractivity contribution is -0.138. The zero-order valence-electron chi connectivity index (χ0n) is 26.3. The fourth-order valence-electron chi connectivity index (χ4n) is 8.78. The number of rotatable bonds is 7. The van der Waals surface area contributed by atoms with E-state index in [1.165, 1.54) is 5.56 Å². The molecule has 8 nitrogen and oxygen atoms in total. The smallest absolute Gasteiger partial charge is 0.327 e. The second-order valence-corrected chi connectivity index (χ2v) is 15.2. The summed E-state index contributed by atoms with van der Waals surface area (Å²) in [6.07, 6.45) is 5.00. The minimum atomic E-state index is -0.740. The first-order valence-corrected chi connectivity index (χ1v) is 16.3. The van der Waals surface area contributed by atoms with Crippen LogP contribution in [0.4, 0.5) is 4.79 Å². The molecule has 42 heavy (non-hydrogen) atoms. The van der Waals surface area contributed by atoms with E-state index in [-0.39, 0.29) is 47.3 Å². The summed E-state index contributed by atoms with van der Waals surface area (Å²) in [6.45, 7) is 14.8. The number of benzene rings is 1. The van der Waals surface area contributed by atoms with Crippen molar-refractivity contribution in [2.75, 3.05) is 39.4 Å². The van der Waals surface area contributed by atoms with Gasteiger partial charge < -0.3 is 14.5 Å². The number of urea groups is 1. The zero-order chi connectivity index (χ0) is 29.8. The average molecular weight is 579 g/mol. The summed E-state index contributed by atoms with van der Waals surface area (Å²) in [5.74, 6) is 1.15. The van der Waals surface area contributed by atoms with Gasteiger partial charge in [0.1, 0.15) is 5.54 Å². The topological polar surface area (TPSA) is 73.4 Å². The largest absolute Gasteiger partial charge is 0.381 e. The number of fused-ring (bicyclic) bond motifs is 2. The van der Waals surface area contributed by atoms with Gasteiger partial charge in [0.2, 0.25) is 5.91 Å². The first-order chi connectivity index (χ1) is 20.0. The lowest BCUT2D eigenvalue weighted by Crippen LogP contribution is -2.62. The number of piperidine rings is 1. The van der Waals surface area contributed by atoms with Crippen molar-refractivity contribution in [3.05, 3.63) is 35.9 Å². The lowest BCUT2D eigenvalue weighted by Gasteiger charge is -2.48. The zero-order valence-corrected chi connectivity index (χ0v) is 26.3. The Balaban J connectivity index is 1.21. The molecule has 6 rings (SSSR count). The van der Waals surface area contributed by atoms with E-state index in [1.807, 2.05) is 4.90 Å². The predicted molar refractivity (Wildman–Crippen MR) is 162 cm³/mol. The Hall–Kier alpha value is -2.45. The van der Waals surface area contributed by atoms with E-state index >= 15 is 0 Å². The van der Waals surface area contributed by atoms with Crippen LogP contribution < -0.4 is 0 Å². The molecule has 3 unspecified atom stereocenters. The highest BCUT2D eigenvalue weighted by atomic mass is 16.5. The Morgan fingerprint density at radius 2 is 1.69 bits per heavy atom. The summed E-state index contributed by atoms with van der Waals surface area (Å²) in [7, 11) is 0. The first-order valence-electron chi connectivity index (χ1n) is 16.3. The molecule has 1 aromatic rings. The Labute approximate surface area is 251 Å². The molecule has 0 saturated carbocycles. The number of carbonyl (C=O) groups excluding carboxylic acids is 3. The van der Waals surface area contributed by atoms with Crippen molar-refractivity contribution in [3.63, 3.8) is 0 Å². The molecular weight excluding hydrogens is 528 g/mol. The van der Waals surface area contributed by atoms with Gasteiger partial charge in [0.05, 0.1) is 6.61 Å². The van der Waals surface area contributed by atoms with Crippen molar-refractivity contribution in [1.29, 1.82) is 0 Å². The van der Waals surface area contributed by atoms with Crippen molar-refractivity contribution in [3.8, 4) is 0 Å². The van der Waals surface area contributed by atoms with E-state index in [2.05, 4.69) is 74.8 Å². The predicted octanol–water partition coefficient (Wildman–Crippen LogP) is 4.74. The van der Waals surface area contributed by atoms with Crippen LogP contribution in [0, 0.1) is 17.3 Å². The summed E-state index contributed by atoms with van der Waals surface area (Å²) in [4.78, 5) is 49.5. The van der Waals surface area contributed by atoms with Gasteiger partial charge >= 0.3 is 6.03 Å². The van der Waals surface area contributed by atoms with Gasteiger partial charge in [-0.15, -0.1) is 0 Å². The molecule has 1 aromatic carbocycles. The van der Waals surface area contributed by atoms with Gasteiger partial charge in [-0.2, -0.15) is 0 Å². The number of hydrogen-bond acceptors (Lipinski definition) is 5. The van der Waals surface area contributed by atoms with Crippen LogP contribution in [0.5, 0.6) is 0 Å². The van der Waals surface area contributed by atoms with Crippen LogP contribution in [0.25, 0.3) is 0 Å². The molecule has 0 aliphatic carbocycles. The second kappa shape index (κ2) is 11.2. The van der Waals surface area contributed by atoms with Gasteiger partial charge in [-0.3, -0.25) is 19.4 Å². The van der Waals surface area contributed by atoms with Gasteiger partial charge in [0.25, 0.3) is 5.91 Å². The van der Waals surface area contributed by atoms with Crippen LogP contribution in [0.3, 0.4) is 0 Å². The molecule has 2 bridgehead atoms. The molecule has 0 aromatic heterocycles. The van der Waals surface area contributed by atoms with Crippen molar-refractivity contribution in [1.82, 2.24) is 19.6 Å². The lowest BCUT2D eigenvalue weighted by atomic mass is 9.79. The Morgan fingerprint density at radius 1 is 1.00 bits per heavy atom. The summed E-state index contributed by atoms with van der Waals surface area (Å²) >= 11 is 0. The second-order valence-electron chi connectivity index (χ2n) is 15.2. The van der Waals surface area contributed by atoms with Crippen LogP contribution in [0.2, 0.25) is 0 Å². The number of amides is 4. The van der Waals surface area contributed by atoms with Crippen LogP contribution in [0.15, 0.2) is 30.3 Å². The van der Waals surface area contributed by atoms with E-state index in [9.17, 15) is 14.4 Å². The fraction of sp³-hybridized carbons (Fsp3) is 0.735. The molecule has 5 saturated heterocycles. The molecule has 5 heterocycles. The maximum atomic E-state index is 14.2. The number of nitrogens with zero attached hydrogens (tertiary/aromatic N) is 4. The standard InChI is InChI=1S/C34H50N4O4/c1-23(2)38-32(41)37(18-24-13-14-42-22-24)31(40)34(38)15-27-11-12-28(16-34)36(27)20-26-19-35(30(39)17-33(3,4)5)21-29(26)25-9-7-6-8-10-25/h6-10,23-24,26-29H,11-22H2,1-5H3/t24?,26-,27?,28?,29-,34?/m1/s1. The Morgan fingerprint density at radius 3 is 2.29 bits per heavy atom. The molecular formula is C34H50N4O4. The van der Waals surface area contributed by atoms with E-state index in [4.69, 9.17) is 4.74 Å². The molecule has 4 amide bonds. The summed E-state index contributed by atoms with van der Waals surface area (Å²) in [6, 6.07) is 11.1. The maximum Gasteiger partial charge on any atom is 0.327 e. The van der Waals surface area contributed by atoms with Crippen molar-refractivity contribution in [2.45, 2.75) is 103 Å². The van der Waals surface area contributed by atoms with Gasteiger partial charge in [-0.05, 0) is 62.8 Å². The number of carbonyl (C=O) groups is 3. The Kier molecular flexibility index (Phi) is 7.92. The normalized spacial score (nSPS) is 33.7. The van der Waals surface area contributed by atoms with Crippen LogP contribution >= 0.6 is 0 Å². The third kappa shape index (κ3) is 5.38. The highest BCUT2D eigenvalue weighted by Crippen LogP contribution is 2.49. The summed E-state index contributed by atoms with van der Waals surface area (Å²) in [5.41, 5.74) is 0.531. The van der Waals surface area contributed by atoms with Crippen LogP contribution in [0.1, 0.15) is 84.6 Å². The highest BCUT2D eigenvalue weighted by Gasteiger charge is 2.63. The van der Waals surface area contributed by atoms with Crippen molar-refractivity contribution in [2.24, 2.45) is 17.3 Å². The fourth-order valence-corrected chi connectivity index (χ4v) is 8.78. The van der Waals surface area contributed by atoms with Crippen LogP contribution in [-0.4, -0.2) is 101 Å². The van der Waals surface area contributed by atoms with Gasteiger partial charge in [-0.25, -0.2) is 4.79 Å². The molecule has 1 spiro atoms. The summed E-state index contributed by atoms with van der Waals surface area (Å²) in [5, 5.41) is 0. The minimum absolute atomic E-state index is 0.0200. The van der Waals surface area contributed by atoms with Gasteiger partial charge in [0, 0.05) is 69.2 Å². The molecule has 230 valence electrons. The number of likely N-dealkylation sites (tertiary alicyclic amines) is 1. The van der Waals surface area contributed by atoms with E-state index in [0.717, 1.165) is 38.9 Å². The van der Waals surface area contributed by atoms with Crippen molar-refractivity contribution >= 4 is 17.8 Å². The van der Waals surface area contributed by atoms with Crippen LogP contribution in [-0.2, 0) is 14.3 Å². The van der Waals surface area contributed by atoms with Crippen molar-refractivity contribution < 1.29 is 19.1 Å². The molecule has 5 atom stereocenters. The van der Waals surface area contributed by atoms with E-state index in [1.54, 1.807) is 4.90 Å². The third-order valence-electron chi connectivity index (χ3n) is 10.6. The van der Waals surface area contributed by atoms with Gasteiger partial charge in [0.15, 0.2) is 0 Å². The summed E-state index contributed by atoms with van der Waals surface area (Å²) < 4.78 is 5.56. The van der Waals surface area contributed by atoms with Gasteiger partial charge in [-0.1, -0.05) is 51.1 Å². The Bertz CT molecular complexity index is 1160. The third-order valence-corrected chi connectivity index (χ3v) is 10.6. The first kappa shape index (κ1) is 29.6. The average Bonchev–Trinajstić information content (AvgIpc) is 3.68. The number of imide groups is 1. The monoisotopic (exact) mass is 578 g/mol. The SMILES string of the molecule is CC(C)N1C(=O)N(CC2CCOC2)C(=O)C12CC1CCC(C2)N1C[C@H]1CN(C(=O)CC(C)(C)C)C[C@@H]1c1ccccc1. The van der Waals surface area contributed by atoms with E-state index < -0.39 is 5.54 Å². The molecule has 5 aliphatic rings. The van der Waals surface area contributed by atoms with E-state index in [0.29, 0.717) is 50.9 Å². The molecule has 0 N–H and O–H groups in total. The molecule has 0 radical (unpaired) electrons. The molecule has 5 fully saturated rings. The number of ether oxygens (including phenoxy) is 1. The number of hydrogen-bond donors (Lipinski definition) is 0. The maximum absolute atomic E-state index is 14.2.